The zero-order valence-corrected chi connectivity index (χ0v) is 9.56. The third-order valence-electron chi connectivity index (χ3n) is 3.60. The van der Waals surface area contributed by atoms with E-state index in [-0.39, 0.29) is 11.8 Å². The molecule has 78 valence electrons. The van der Waals surface area contributed by atoms with Gasteiger partial charge in [-0.25, -0.2) is 0 Å². The van der Waals surface area contributed by atoms with E-state index in [4.69, 9.17) is 5.11 Å². The summed E-state index contributed by atoms with van der Waals surface area (Å²) in [6.45, 7) is 10.4. The number of hydrogen-bond acceptors (Lipinski definition) is 1. The van der Waals surface area contributed by atoms with Crippen molar-refractivity contribution in [2.24, 2.45) is 5.41 Å². The van der Waals surface area contributed by atoms with Gasteiger partial charge in [-0.05, 0) is 37.5 Å². The lowest BCUT2D eigenvalue weighted by Crippen LogP contribution is -2.16. The summed E-state index contributed by atoms with van der Waals surface area (Å²) in [5, 5.41) is 8.84. The van der Waals surface area contributed by atoms with Crippen molar-refractivity contribution < 1.29 is 9.90 Å². The molecule has 0 aromatic heterocycles. The Morgan fingerprint density at radius 3 is 2.00 bits per heavy atom. The molecule has 0 amide bonds. The average Bonchev–Trinajstić information content (AvgIpc) is 2.20. The minimum absolute atomic E-state index is 0.0768. The minimum Gasteiger partial charge on any atom is -0.481 e. The fourth-order valence-electron chi connectivity index (χ4n) is 2.18. The lowest BCUT2D eigenvalue weighted by atomic mass is 9.79. The summed E-state index contributed by atoms with van der Waals surface area (Å²) in [5.74, 6) is -0.741. The van der Waals surface area contributed by atoms with Gasteiger partial charge in [-0.2, -0.15) is 0 Å². The fraction of sp³-hybridized carbons (Fsp3) is 0.583. The van der Waals surface area contributed by atoms with Gasteiger partial charge in [0.2, 0.25) is 0 Å². The maximum Gasteiger partial charge on any atom is 0.307 e. The molecule has 1 aliphatic carbocycles. The van der Waals surface area contributed by atoms with Crippen LogP contribution in [0.15, 0.2) is 22.3 Å². The van der Waals surface area contributed by atoms with Gasteiger partial charge in [0, 0.05) is 5.41 Å². The van der Waals surface area contributed by atoms with Gasteiger partial charge in [-0.15, -0.1) is 0 Å². The van der Waals surface area contributed by atoms with Crippen molar-refractivity contribution in [1.82, 2.24) is 0 Å². The summed E-state index contributed by atoms with van der Waals surface area (Å²) in [6.07, 6.45) is 0.160. The molecule has 0 heterocycles. The van der Waals surface area contributed by atoms with Crippen LogP contribution in [0.25, 0.3) is 0 Å². The Kier molecular flexibility index (Phi) is 2.57. The van der Waals surface area contributed by atoms with E-state index in [1.54, 1.807) is 0 Å². The van der Waals surface area contributed by atoms with E-state index in [0.717, 1.165) is 11.1 Å². The number of carbonyl (C=O) groups is 1. The van der Waals surface area contributed by atoms with Gasteiger partial charge in [-0.3, -0.25) is 4.79 Å². The Labute approximate surface area is 85.3 Å². The highest BCUT2D eigenvalue weighted by molar-refractivity contribution is 5.72. The van der Waals surface area contributed by atoms with Gasteiger partial charge in [0.05, 0.1) is 6.42 Å². The first kappa shape index (κ1) is 11.0. The van der Waals surface area contributed by atoms with Gasteiger partial charge >= 0.3 is 5.97 Å². The number of hydrogen-bond donors (Lipinski definition) is 1. The largest absolute Gasteiger partial charge is 0.481 e. The Morgan fingerprint density at radius 1 is 1.21 bits per heavy atom. The van der Waals surface area contributed by atoms with Crippen molar-refractivity contribution in [3.8, 4) is 0 Å². The Hall–Kier alpha value is -1.05. The molecule has 0 aromatic carbocycles. The maximum absolute atomic E-state index is 10.7. The summed E-state index contributed by atoms with van der Waals surface area (Å²) < 4.78 is 0. The Morgan fingerprint density at radius 2 is 1.71 bits per heavy atom. The molecule has 0 bridgehead atoms. The Balaban J connectivity index is 3.15. The fourth-order valence-corrected chi connectivity index (χ4v) is 2.18. The molecule has 1 aliphatic rings. The first-order valence-electron chi connectivity index (χ1n) is 4.88. The summed E-state index contributed by atoms with van der Waals surface area (Å²) in [7, 11) is 0. The number of carboxylic acids is 1. The van der Waals surface area contributed by atoms with E-state index in [1.807, 2.05) is 6.92 Å². The van der Waals surface area contributed by atoms with Gasteiger partial charge in [0.25, 0.3) is 0 Å². The average molecular weight is 194 g/mol. The first-order valence-corrected chi connectivity index (χ1v) is 4.88. The van der Waals surface area contributed by atoms with E-state index < -0.39 is 5.97 Å². The van der Waals surface area contributed by atoms with Crippen molar-refractivity contribution >= 4 is 5.97 Å². The lowest BCUT2D eigenvalue weighted by molar-refractivity contribution is -0.136. The first-order chi connectivity index (χ1) is 6.28. The van der Waals surface area contributed by atoms with Crippen LogP contribution in [0.5, 0.6) is 0 Å². The van der Waals surface area contributed by atoms with Crippen LogP contribution in [0.4, 0.5) is 0 Å². The summed E-state index contributed by atoms with van der Waals surface area (Å²) in [4.78, 5) is 10.7. The zero-order valence-electron chi connectivity index (χ0n) is 9.56. The molecule has 0 unspecified atom stereocenters. The molecule has 14 heavy (non-hydrogen) atoms. The Bertz CT molecular complexity index is 343. The van der Waals surface area contributed by atoms with E-state index in [9.17, 15) is 4.79 Å². The standard InChI is InChI=1S/C12H18O2/c1-7-8(2)10(6-11(13)14)12(4,5)9(7)3/h6H2,1-5H3,(H,13,14). The molecule has 0 atom stereocenters. The molecule has 0 saturated carbocycles. The van der Waals surface area contributed by atoms with Crippen LogP contribution in [0.2, 0.25) is 0 Å². The lowest BCUT2D eigenvalue weighted by Gasteiger charge is -2.24. The smallest absolute Gasteiger partial charge is 0.307 e. The normalized spacial score (nSPS) is 20.6. The second-order valence-corrected chi connectivity index (χ2v) is 4.55. The number of allylic oxidation sites excluding steroid dienone is 3. The highest BCUT2D eigenvalue weighted by Crippen LogP contribution is 2.47. The van der Waals surface area contributed by atoms with Crippen molar-refractivity contribution in [1.29, 1.82) is 0 Å². The summed E-state index contributed by atoms with van der Waals surface area (Å²) >= 11 is 0. The second-order valence-electron chi connectivity index (χ2n) is 4.55. The molecule has 2 heteroatoms. The molecule has 0 fully saturated rings. The van der Waals surface area contributed by atoms with Crippen molar-refractivity contribution in [3.63, 3.8) is 0 Å². The summed E-state index contributed by atoms with van der Waals surface area (Å²) in [6, 6.07) is 0. The SMILES string of the molecule is CC1=C(C)C(C)(C)C(CC(=O)O)=C1C. The van der Waals surface area contributed by atoms with E-state index in [0.29, 0.717) is 0 Å². The number of aliphatic carboxylic acids is 1. The van der Waals surface area contributed by atoms with Crippen LogP contribution in [0.1, 0.15) is 41.0 Å². The van der Waals surface area contributed by atoms with Crippen LogP contribution in [0, 0.1) is 5.41 Å². The molecule has 0 spiro atoms. The van der Waals surface area contributed by atoms with E-state index in [2.05, 4.69) is 27.7 Å². The predicted molar refractivity (Wildman–Crippen MR) is 57.1 cm³/mol. The van der Waals surface area contributed by atoms with Crippen LogP contribution < -0.4 is 0 Å². The molecular weight excluding hydrogens is 176 g/mol. The van der Waals surface area contributed by atoms with E-state index in [1.165, 1.54) is 11.1 Å². The van der Waals surface area contributed by atoms with Gasteiger partial charge in [-0.1, -0.05) is 19.4 Å². The van der Waals surface area contributed by atoms with Crippen LogP contribution >= 0.6 is 0 Å². The van der Waals surface area contributed by atoms with E-state index >= 15 is 0 Å². The highest BCUT2D eigenvalue weighted by Gasteiger charge is 2.34. The van der Waals surface area contributed by atoms with Gasteiger partial charge < -0.3 is 5.11 Å². The predicted octanol–water partition coefficient (Wildman–Crippen LogP) is 3.15. The number of carboxylic acid groups (broad SMARTS) is 1. The third-order valence-corrected chi connectivity index (χ3v) is 3.60. The molecule has 0 aliphatic heterocycles. The van der Waals surface area contributed by atoms with Crippen LogP contribution in [-0.4, -0.2) is 11.1 Å². The third kappa shape index (κ3) is 1.49. The van der Waals surface area contributed by atoms with Crippen molar-refractivity contribution in [2.75, 3.05) is 0 Å². The highest BCUT2D eigenvalue weighted by atomic mass is 16.4. The zero-order chi connectivity index (χ0) is 11.1. The molecular formula is C12H18O2. The minimum atomic E-state index is -0.741. The van der Waals surface area contributed by atoms with Gasteiger partial charge in [0.1, 0.15) is 0 Å². The molecule has 0 aromatic rings. The monoisotopic (exact) mass is 194 g/mol. The molecule has 0 radical (unpaired) electrons. The second kappa shape index (κ2) is 3.26. The molecule has 1 rings (SSSR count). The summed E-state index contributed by atoms with van der Waals surface area (Å²) in [5.41, 5.74) is 4.69. The van der Waals surface area contributed by atoms with Crippen LogP contribution in [-0.2, 0) is 4.79 Å². The topological polar surface area (TPSA) is 37.3 Å². The molecule has 0 saturated heterocycles. The van der Waals surface area contributed by atoms with Crippen LogP contribution in [0.3, 0.4) is 0 Å². The molecule has 2 nitrogen and oxygen atoms in total. The van der Waals surface area contributed by atoms with Crippen molar-refractivity contribution in [2.45, 2.75) is 41.0 Å². The van der Waals surface area contributed by atoms with Crippen molar-refractivity contribution in [3.05, 3.63) is 22.3 Å². The quantitative estimate of drug-likeness (QED) is 0.733. The maximum atomic E-state index is 10.7. The van der Waals surface area contributed by atoms with Gasteiger partial charge in [0.15, 0.2) is 0 Å². The molecule has 1 N–H and O–H groups in total. The number of rotatable bonds is 2.